The molecule has 0 amide bonds. The third kappa shape index (κ3) is 5.78. The van der Waals surface area contributed by atoms with Gasteiger partial charge in [0.15, 0.2) is 0 Å². The van der Waals surface area contributed by atoms with Gasteiger partial charge >= 0.3 is 5.97 Å². The molecule has 0 unspecified atom stereocenters. The molecule has 0 saturated carbocycles. The van der Waals surface area contributed by atoms with Crippen molar-refractivity contribution in [3.8, 4) is 0 Å². The van der Waals surface area contributed by atoms with E-state index in [4.69, 9.17) is 4.74 Å². The normalized spacial score (nSPS) is 12.8. The molecule has 0 aliphatic heterocycles. The molecule has 27 heavy (non-hydrogen) atoms. The van der Waals surface area contributed by atoms with Crippen LogP contribution < -0.4 is 0 Å². The van der Waals surface area contributed by atoms with Crippen molar-refractivity contribution < 1.29 is 9.53 Å². The molecular formula is C23H27NO2S. The molecule has 0 aromatic carbocycles. The highest BCUT2D eigenvalue weighted by molar-refractivity contribution is 7.15. The van der Waals surface area contributed by atoms with Crippen LogP contribution in [0.4, 0.5) is 0 Å². The Morgan fingerprint density at radius 1 is 1.22 bits per heavy atom. The first-order valence-corrected chi connectivity index (χ1v) is 10.1. The number of allylic oxidation sites excluding steroid dienone is 6. The molecule has 2 rings (SSSR count). The van der Waals surface area contributed by atoms with Gasteiger partial charge in [-0.3, -0.25) is 0 Å². The second-order valence-corrected chi connectivity index (χ2v) is 7.25. The third-order valence-corrected chi connectivity index (χ3v) is 5.43. The average molecular weight is 382 g/mol. The maximum Gasteiger partial charge on any atom is 0.348 e. The van der Waals surface area contributed by atoms with E-state index in [1.807, 2.05) is 51.2 Å². The zero-order valence-electron chi connectivity index (χ0n) is 16.5. The molecule has 1 aromatic rings. The summed E-state index contributed by atoms with van der Waals surface area (Å²) in [5, 5.41) is 0. The lowest BCUT2D eigenvalue weighted by Crippen LogP contribution is -2.06. The summed E-state index contributed by atoms with van der Waals surface area (Å²) in [4.78, 5) is 18.7. The molecule has 1 aromatic heterocycles. The van der Waals surface area contributed by atoms with Gasteiger partial charge in [-0.1, -0.05) is 49.0 Å². The predicted molar refractivity (Wildman–Crippen MR) is 117 cm³/mol. The number of hydrogen-bond donors (Lipinski definition) is 0. The second kappa shape index (κ2) is 10.7. The van der Waals surface area contributed by atoms with Crippen LogP contribution in [0.2, 0.25) is 0 Å². The van der Waals surface area contributed by atoms with Gasteiger partial charge in [-0.05, 0) is 55.8 Å². The Hall–Kier alpha value is -2.42. The number of thiophene rings is 1. The van der Waals surface area contributed by atoms with Gasteiger partial charge in [0.25, 0.3) is 0 Å². The maximum absolute atomic E-state index is 12.5. The number of hydrogen-bond acceptors (Lipinski definition) is 4. The van der Waals surface area contributed by atoms with Gasteiger partial charge in [-0.25, -0.2) is 9.79 Å². The highest BCUT2D eigenvalue weighted by atomic mass is 32.1. The fraction of sp³-hybridized carbons (Fsp3) is 0.348. The first-order valence-electron chi connectivity index (χ1n) is 9.33. The van der Waals surface area contributed by atoms with Crippen molar-refractivity contribution in [2.45, 2.75) is 40.5 Å². The Morgan fingerprint density at radius 2 is 1.96 bits per heavy atom. The van der Waals surface area contributed by atoms with E-state index in [1.165, 1.54) is 16.9 Å². The molecule has 1 aliphatic rings. The highest BCUT2D eigenvalue weighted by Crippen LogP contribution is 2.34. The zero-order chi connectivity index (χ0) is 19.6. The minimum Gasteiger partial charge on any atom is -0.462 e. The van der Waals surface area contributed by atoms with E-state index in [-0.39, 0.29) is 5.97 Å². The minimum absolute atomic E-state index is 0.258. The number of rotatable bonds is 7. The number of esters is 1. The molecule has 0 bridgehead atoms. The van der Waals surface area contributed by atoms with Gasteiger partial charge in [0.2, 0.25) is 0 Å². The smallest absolute Gasteiger partial charge is 0.348 e. The number of carbonyl (C=O) groups excluding carboxylic acids is 1. The summed E-state index contributed by atoms with van der Waals surface area (Å²) in [6.45, 7) is 9.04. The molecule has 0 spiro atoms. The van der Waals surface area contributed by atoms with Crippen LogP contribution in [0.15, 0.2) is 46.5 Å². The van der Waals surface area contributed by atoms with Gasteiger partial charge < -0.3 is 4.74 Å². The van der Waals surface area contributed by atoms with Gasteiger partial charge in [0.05, 0.1) is 13.2 Å². The Kier molecular flexibility index (Phi) is 8.25. The first kappa shape index (κ1) is 20.9. The van der Waals surface area contributed by atoms with Crippen molar-refractivity contribution in [2.75, 3.05) is 13.2 Å². The van der Waals surface area contributed by atoms with E-state index in [9.17, 15) is 4.79 Å². The van der Waals surface area contributed by atoms with E-state index in [2.05, 4.69) is 29.9 Å². The summed E-state index contributed by atoms with van der Waals surface area (Å²) in [7, 11) is 0. The maximum atomic E-state index is 12.5. The predicted octanol–water partition coefficient (Wildman–Crippen LogP) is 6.04. The Morgan fingerprint density at radius 3 is 2.63 bits per heavy atom. The fourth-order valence-corrected chi connectivity index (χ4v) is 3.87. The summed E-state index contributed by atoms with van der Waals surface area (Å²) in [6, 6.07) is 0. The number of aliphatic imine (C=N–C) groups is 1. The van der Waals surface area contributed by atoms with Gasteiger partial charge in [0.1, 0.15) is 4.88 Å². The van der Waals surface area contributed by atoms with Crippen molar-refractivity contribution >= 4 is 35.3 Å². The van der Waals surface area contributed by atoms with Crippen molar-refractivity contribution in [1.29, 1.82) is 0 Å². The third-order valence-electron chi connectivity index (χ3n) is 4.24. The van der Waals surface area contributed by atoms with Crippen LogP contribution in [-0.2, 0) is 11.2 Å². The molecule has 1 aliphatic carbocycles. The van der Waals surface area contributed by atoms with Crippen LogP contribution in [0.1, 0.15) is 59.8 Å². The molecule has 0 fully saturated rings. The van der Waals surface area contributed by atoms with Crippen LogP contribution in [0.3, 0.4) is 0 Å². The standard InChI is InChI=1S/C23H27NO2S/c1-5-18(6-2)16-24-15-17(4)14-20-19-12-10-8-9-11-13-21(19)27-22(20)23(25)26-7-3/h5,8-13H,6-7,14,16H2,1-4H3. The fourth-order valence-electron chi connectivity index (χ4n) is 2.75. The summed E-state index contributed by atoms with van der Waals surface area (Å²) >= 11 is 1.48. The van der Waals surface area contributed by atoms with Crippen LogP contribution in [0, 0.1) is 0 Å². The number of fused-ring (bicyclic) bond motifs is 1. The van der Waals surface area contributed by atoms with Gasteiger partial charge in [-0.15, -0.1) is 11.3 Å². The van der Waals surface area contributed by atoms with Crippen molar-refractivity contribution in [3.05, 3.63) is 62.4 Å². The van der Waals surface area contributed by atoms with E-state index in [0.717, 1.165) is 28.0 Å². The topological polar surface area (TPSA) is 38.7 Å². The Bertz CT molecular complexity index is 859. The van der Waals surface area contributed by atoms with E-state index >= 15 is 0 Å². The molecule has 142 valence electrons. The number of ether oxygens (including phenoxy) is 1. The summed E-state index contributed by atoms with van der Waals surface area (Å²) in [5.41, 5.74) is 4.37. The van der Waals surface area contributed by atoms with Crippen molar-refractivity contribution in [2.24, 2.45) is 4.99 Å². The van der Waals surface area contributed by atoms with E-state index < -0.39 is 0 Å². The molecule has 4 heteroatoms. The van der Waals surface area contributed by atoms with Crippen LogP contribution in [0.5, 0.6) is 0 Å². The van der Waals surface area contributed by atoms with Crippen LogP contribution in [0.25, 0.3) is 12.2 Å². The molecular weight excluding hydrogens is 354 g/mol. The monoisotopic (exact) mass is 381 g/mol. The average Bonchev–Trinajstić information content (AvgIpc) is 2.95. The summed E-state index contributed by atoms with van der Waals surface area (Å²) in [6.07, 6.45) is 15.8. The molecule has 0 radical (unpaired) electrons. The summed E-state index contributed by atoms with van der Waals surface area (Å²) in [5.74, 6) is 2.89. The lowest BCUT2D eigenvalue weighted by atomic mass is 10.00. The quantitative estimate of drug-likeness (QED) is 0.328. The van der Waals surface area contributed by atoms with E-state index in [0.29, 0.717) is 24.4 Å². The zero-order valence-corrected chi connectivity index (χ0v) is 17.4. The largest absolute Gasteiger partial charge is 0.462 e. The lowest BCUT2D eigenvalue weighted by Gasteiger charge is -2.05. The van der Waals surface area contributed by atoms with Gasteiger partial charge in [0, 0.05) is 11.3 Å². The Labute approximate surface area is 166 Å². The number of nitrogens with zero attached hydrogens (tertiary/aromatic N) is 1. The lowest BCUT2D eigenvalue weighted by molar-refractivity contribution is 0.0531. The van der Waals surface area contributed by atoms with Gasteiger partial charge in [-0.2, -0.15) is 0 Å². The van der Waals surface area contributed by atoms with Crippen LogP contribution in [-0.4, -0.2) is 25.0 Å². The summed E-state index contributed by atoms with van der Waals surface area (Å²) < 4.78 is 5.28. The first-order chi connectivity index (χ1) is 13.1. The minimum atomic E-state index is -0.258. The molecule has 3 nitrogen and oxygen atoms in total. The van der Waals surface area contributed by atoms with Crippen LogP contribution >= 0.6 is 11.3 Å². The molecule has 0 atom stereocenters. The van der Waals surface area contributed by atoms with Crippen molar-refractivity contribution in [1.82, 2.24) is 0 Å². The van der Waals surface area contributed by atoms with E-state index in [1.54, 1.807) is 0 Å². The molecule has 1 heterocycles. The second-order valence-electron chi connectivity index (χ2n) is 6.20. The highest BCUT2D eigenvalue weighted by Gasteiger charge is 2.21. The molecule has 0 N–H and O–H groups in total. The SMILES string of the molecule is CC=C(CC)CN=C=C(C)Cc1c(C(=O)OCC)sc2c1C=CC=CC=C2. The Balaban J connectivity index is 2.39. The molecule has 0 saturated heterocycles. The van der Waals surface area contributed by atoms with Crippen molar-refractivity contribution in [3.63, 3.8) is 0 Å². The number of carbonyl (C=O) groups is 1.